The smallest absolute Gasteiger partial charge is 0.401 e. The molecule has 0 aliphatic heterocycles. The summed E-state index contributed by atoms with van der Waals surface area (Å²) in [5.74, 6) is -7.85. The fourth-order valence-electron chi connectivity index (χ4n) is 6.38. The Morgan fingerprint density at radius 1 is 1.20 bits per heavy atom. The Bertz CT molecular complexity index is 1370. The van der Waals surface area contributed by atoms with Gasteiger partial charge in [0, 0.05) is 29.2 Å². The van der Waals surface area contributed by atoms with E-state index < -0.39 is 76.5 Å². The van der Waals surface area contributed by atoms with Crippen LogP contribution in [0.1, 0.15) is 23.1 Å². The number of benzene rings is 1. The molecule has 4 atom stereocenters. The predicted molar refractivity (Wildman–Crippen MR) is 133 cm³/mol. The molecule has 1 aromatic carbocycles. The summed E-state index contributed by atoms with van der Waals surface area (Å²) in [5.41, 5.74) is 1.48. The molecule has 0 heterocycles. The zero-order chi connectivity index (χ0) is 30.1. The van der Waals surface area contributed by atoms with Gasteiger partial charge < -0.3 is 30.9 Å². The summed E-state index contributed by atoms with van der Waals surface area (Å²) in [6.45, 7) is -1.50. The summed E-state index contributed by atoms with van der Waals surface area (Å²) in [5, 5.41) is 44.6. The molecular weight excluding hydrogens is 539 g/mol. The maximum atomic E-state index is 13.8. The minimum Gasteiger partial charge on any atom is -0.508 e. The lowest BCUT2D eigenvalue weighted by atomic mass is 9.57. The first kappa shape index (κ1) is 29.4. The number of Topliss-reactive ketones (excluding diaryl/α,β-unsaturated/α-hetero) is 2. The van der Waals surface area contributed by atoms with Crippen molar-refractivity contribution in [2.24, 2.45) is 17.6 Å². The second kappa shape index (κ2) is 9.78. The number of halogens is 3. The molecular formula is C26H30F3N3O8. The van der Waals surface area contributed by atoms with Crippen LogP contribution in [0.2, 0.25) is 0 Å². The molecule has 1 fully saturated rings. The maximum absolute atomic E-state index is 13.8. The van der Waals surface area contributed by atoms with E-state index in [0.29, 0.717) is 0 Å². The number of ether oxygens (including phenoxy) is 1. The molecule has 1 aromatic rings. The number of hydrogen-bond acceptors (Lipinski definition) is 10. The van der Waals surface area contributed by atoms with Crippen LogP contribution in [0.25, 0.3) is 5.76 Å². The number of likely N-dealkylation sites (N-methyl/N-ethyl adjacent to an activating group) is 1. The number of ketones is 2. The number of carbonyl (C=O) groups excluding carboxylic acids is 3. The van der Waals surface area contributed by atoms with Crippen LogP contribution in [0.5, 0.6) is 11.5 Å². The summed E-state index contributed by atoms with van der Waals surface area (Å²) >= 11 is 0. The fourth-order valence-corrected chi connectivity index (χ4v) is 6.38. The number of rotatable bonds is 6. The van der Waals surface area contributed by atoms with Crippen molar-refractivity contribution < 1.29 is 52.7 Å². The van der Waals surface area contributed by atoms with Crippen LogP contribution in [0.3, 0.4) is 0 Å². The molecule has 0 spiro atoms. The van der Waals surface area contributed by atoms with Gasteiger partial charge in [-0.25, -0.2) is 0 Å². The monoisotopic (exact) mass is 569 g/mol. The van der Waals surface area contributed by atoms with E-state index in [0.717, 1.165) is 11.0 Å². The van der Waals surface area contributed by atoms with E-state index in [1.54, 1.807) is 0 Å². The van der Waals surface area contributed by atoms with Crippen LogP contribution >= 0.6 is 0 Å². The largest absolute Gasteiger partial charge is 0.508 e. The zero-order valence-electron chi connectivity index (χ0n) is 22.2. The standard InChI is InChI=1S/C26H30F3N3O8/c1-31(2)18-13-6-10-5-12-16(14(33)7-11(21(12)40-4)8-32(3)9-25(27,28)29)19(34)15(10)22(36)26(13,39)23(37)17(20(18)35)24(30)38/h7,10,13,18,33-34,37,39H,5-6,8-9H2,1-4H3,(H2,30,38)/t10-,13-,18-,26-/m0/s1. The number of phenols is 1. The summed E-state index contributed by atoms with van der Waals surface area (Å²) in [6, 6.07) is -0.119. The third-order valence-corrected chi connectivity index (χ3v) is 7.84. The summed E-state index contributed by atoms with van der Waals surface area (Å²) in [4.78, 5) is 41.4. The van der Waals surface area contributed by atoms with Gasteiger partial charge in [0.1, 0.15) is 28.6 Å². The van der Waals surface area contributed by atoms with Gasteiger partial charge in [-0.05, 0) is 46.0 Å². The number of aromatic hydroxyl groups is 1. The van der Waals surface area contributed by atoms with Crippen LogP contribution in [0.15, 0.2) is 23.0 Å². The number of nitrogens with zero attached hydrogens (tertiary/aromatic N) is 2. The number of aliphatic hydroxyl groups excluding tert-OH is 2. The van der Waals surface area contributed by atoms with Gasteiger partial charge in [0.2, 0.25) is 5.78 Å². The molecule has 40 heavy (non-hydrogen) atoms. The highest BCUT2D eigenvalue weighted by Gasteiger charge is 2.64. The molecule has 3 aliphatic rings. The highest BCUT2D eigenvalue weighted by molar-refractivity contribution is 6.24. The summed E-state index contributed by atoms with van der Waals surface area (Å²) in [6.07, 6.45) is -4.65. The molecule has 1 saturated carbocycles. The molecule has 1 amide bonds. The average molecular weight is 570 g/mol. The third-order valence-electron chi connectivity index (χ3n) is 7.84. The van der Waals surface area contributed by atoms with Crippen molar-refractivity contribution >= 4 is 23.2 Å². The minimum absolute atomic E-state index is 0.0535. The number of nitrogens with two attached hydrogens (primary N) is 1. The zero-order valence-corrected chi connectivity index (χ0v) is 22.2. The number of aliphatic hydroxyl groups is 3. The van der Waals surface area contributed by atoms with Crippen LogP contribution in [0, 0.1) is 11.8 Å². The van der Waals surface area contributed by atoms with Crippen molar-refractivity contribution in [2.75, 3.05) is 34.8 Å². The van der Waals surface area contributed by atoms with E-state index in [9.17, 15) is 48.0 Å². The number of fused-ring (bicyclic) bond motifs is 3. The van der Waals surface area contributed by atoms with Gasteiger partial charge in [-0.3, -0.25) is 24.2 Å². The van der Waals surface area contributed by atoms with Crippen LogP contribution < -0.4 is 10.5 Å². The Labute approximate surface area is 226 Å². The van der Waals surface area contributed by atoms with E-state index >= 15 is 0 Å². The molecule has 0 radical (unpaired) electrons. The first-order chi connectivity index (χ1) is 18.4. The molecule has 3 aliphatic carbocycles. The summed E-state index contributed by atoms with van der Waals surface area (Å²) < 4.78 is 44.2. The molecule has 11 nitrogen and oxygen atoms in total. The number of carbonyl (C=O) groups is 3. The Kier molecular flexibility index (Phi) is 7.18. The van der Waals surface area contributed by atoms with Crippen LogP contribution in [-0.4, -0.2) is 100 Å². The van der Waals surface area contributed by atoms with Gasteiger partial charge in [-0.15, -0.1) is 0 Å². The van der Waals surface area contributed by atoms with Crippen molar-refractivity contribution in [3.05, 3.63) is 39.7 Å². The molecule has 14 heteroatoms. The number of amides is 1. The van der Waals surface area contributed by atoms with Gasteiger partial charge in [0.15, 0.2) is 11.4 Å². The van der Waals surface area contributed by atoms with Gasteiger partial charge in [-0.1, -0.05) is 0 Å². The Balaban J connectivity index is 1.89. The van der Waals surface area contributed by atoms with Crippen molar-refractivity contribution in [3.63, 3.8) is 0 Å². The maximum Gasteiger partial charge on any atom is 0.401 e. The van der Waals surface area contributed by atoms with E-state index in [1.165, 1.54) is 33.2 Å². The second-order valence-corrected chi connectivity index (χ2v) is 10.7. The highest BCUT2D eigenvalue weighted by Crippen LogP contribution is 2.54. The normalized spacial score (nSPS) is 26.7. The molecule has 0 saturated heterocycles. The van der Waals surface area contributed by atoms with Gasteiger partial charge >= 0.3 is 6.18 Å². The quantitative estimate of drug-likeness (QED) is 0.311. The number of methoxy groups -OCH3 is 1. The number of primary amides is 1. The fraction of sp³-hybridized carbons (Fsp3) is 0.500. The Morgan fingerprint density at radius 2 is 1.82 bits per heavy atom. The van der Waals surface area contributed by atoms with E-state index in [4.69, 9.17) is 10.5 Å². The van der Waals surface area contributed by atoms with Crippen molar-refractivity contribution in [2.45, 2.75) is 37.2 Å². The predicted octanol–water partition coefficient (Wildman–Crippen LogP) is 0.967. The van der Waals surface area contributed by atoms with E-state index in [2.05, 4.69) is 0 Å². The van der Waals surface area contributed by atoms with Crippen LogP contribution in [0.4, 0.5) is 13.2 Å². The van der Waals surface area contributed by atoms with Crippen LogP contribution in [-0.2, 0) is 27.3 Å². The van der Waals surface area contributed by atoms with Crippen molar-refractivity contribution in [1.29, 1.82) is 0 Å². The lowest BCUT2D eigenvalue weighted by molar-refractivity contribution is -0.153. The van der Waals surface area contributed by atoms with E-state index in [-0.39, 0.29) is 47.4 Å². The van der Waals surface area contributed by atoms with E-state index in [1.807, 2.05) is 0 Å². The topological polar surface area (TPSA) is 174 Å². The minimum atomic E-state index is -4.47. The molecule has 0 aromatic heterocycles. The average Bonchev–Trinajstić information content (AvgIpc) is 2.79. The lowest BCUT2D eigenvalue weighted by Gasteiger charge is -2.50. The molecule has 0 bridgehead atoms. The van der Waals surface area contributed by atoms with Gasteiger partial charge in [0.25, 0.3) is 5.91 Å². The van der Waals surface area contributed by atoms with Gasteiger partial charge in [0.05, 0.1) is 25.3 Å². The van der Waals surface area contributed by atoms with Crippen molar-refractivity contribution in [1.82, 2.24) is 9.80 Å². The molecule has 4 rings (SSSR count). The SMILES string of the molecule is COc1c(CN(C)CC(F)(F)F)cc(O)c2c1C[C@H]1C[C@H]3[C@H](N(C)C)C(=O)C(C(N)=O)=C(O)[C@@]3(O)C(=O)C1=C2O. The lowest BCUT2D eigenvalue weighted by Crippen LogP contribution is -2.65. The molecule has 0 unspecified atom stereocenters. The van der Waals surface area contributed by atoms with Gasteiger partial charge in [-0.2, -0.15) is 13.2 Å². The molecule has 6 N–H and O–H groups in total. The Hall–Kier alpha value is -3.62. The number of alkyl halides is 3. The first-order valence-electron chi connectivity index (χ1n) is 12.3. The second-order valence-electron chi connectivity index (χ2n) is 10.7. The molecule has 218 valence electrons. The third kappa shape index (κ3) is 4.39. The summed E-state index contributed by atoms with van der Waals surface area (Å²) in [7, 11) is 5.48. The number of hydrogen-bond donors (Lipinski definition) is 5. The highest BCUT2D eigenvalue weighted by atomic mass is 19.4. The Morgan fingerprint density at radius 3 is 2.35 bits per heavy atom. The number of phenolic OH excluding ortho intramolecular Hbond substituents is 1. The first-order valence-corrected chi connectivity index (χ1v) is 12.3. The van der Waals surface area contributed by atoms with Crippen molar-refractivity contribution in [3.8, 4) is 11.5 Å².